The molecule has 4 aromatic rings. The first kappa shape index (κ1) is 31.2. The van der Waals surface area contributed by atoms with Gasteiger partial charge in [0.1, 0.15) is 5.75 Å². The van der Waals surface area contributed by atoms with E-state index in [-0.39, 0.29) is 29.2 Å². The Kier molecular flexibility index (Phi) is 10.7. The number of hydrogen-bond donors (Lipinski definition) is 1. The largest absolute Gasteiger partial charge is 0.494 e. The summed E-state index contributed by atoms with van der Waals surface area (Å²) < 4.78 is 47.0. The number of hydrogen-bond acceptors (Lipinski definition) is 2. The number of alkyl halides is 3. The SMILES string of the molecule is CC(CCOc1cccc(CC(=O)O)c1)C(Cc1cccc(C(F)(F)F)c1Cl)CC(c1ccccc1)c1ccccc1. The number of aliphatic carboxylic acids is 1. The lowest BCUT2D eigenvalue weighted by molar-refractivity contribution is -0.138. The van der Waals surface area contributed by atoms with Crippen molar-refractivity contribution in [2.45, 2.75) is 44.7 Å². The van der Waals surface area contributed by atoms with Gasteiger partial charge >= 0.3 is 12.1 Å². The van der Waals surface area contributed by atoms with Gasteiger partial charge in [0.2, 0.25) is 0 Å². The molecule has 220 valence electrons. The minimum absolute atomic E-state index is 0.0154. The standard InChI is InChI=1S/C35H34ClF3O3/c1-24(18-19-42-30-16-8-10-25(20-30)21-33(40)41)29(22-28-15-9-17-32(34(28)36)35(37,38)39)23-31(26-11-4-2-5-12-26)27-13-6-3-7-14-27/h2-17,20,24,29,31H,18-19,21-23H2,1H3,(H,40,41). The van der Waals surface area contributed by atoms with Crippen LogP contribution in [-0.2, 0) is 23.8 Å². The van der Waals surface area contributed by atoms with E-state index < -0.39 is 17.7 Å². The molecule has 0 aromatic heterocycles. The Labute approximate surface area is 249 Å². The Balaban J connectivity index is 1.59. The average molecular weight is 595 g/mol. The average Bonchev–Trinajstić information content (AvgIpc) is 2.96. The van der Waals surface area contributed by atoms with Crippen LogP contribution in [0, 0.1) is 11.8 Å². The molecule has 0 saturated heterocycles. The van der Waals surface area contributed by atoms with Crippen molar-refractivity contribution in [3.63, 3.8) is 0 Å². The van der Waals surface area contributed by atoms with Gasteiger partial charge in [-0.2, -0.15) is 13.2 Å². The lowest BCUT2D eigenvalue weighted by Crippen LogP contribution is -2.21. The highest BCUT2D eigenvalue weighted by Crippen LogP contribution is 2.40. The molecule has 0 heterocycles. The van der Waals surface area contributed by atoms with Crippen LogP contribution in [0.25, 0.3) is 0 Å². The molecule has 2 unspecified atom stereocenters. The first-order chi connectivity index (χ1) is 20.1. The molecule has 7 heteroatoms. The first-order valence-corrected chi connectivity index (χ1v) is 14.4. The molecular formula is C35H34ClF3O3. The fraction of sp³-hybridized carbons (Fsp3) is 0.286. The van der Waals surface area contributed by atoms with E-state index in [1.54, 1.807) is 30.3 Å². The summed E-state index contributed by atoms with van der Waals surface area (Å²) in [6, 6.07) is 31.4. The summed E-state index contributed by atoms with van der Waals surface area (Å²) in [5.74, 6) is -0.225. The van der Waals surface area contributed by atoms with Crippen molar-refractivity contribution < 1.29 is 27.8 Å². The zero-order valence-corrected chi connectivity index (χ0v) is 24.1. The predicted octanol–water partition coefficient (Wildman–Crippen LogP) is 9.47. The van der Waals surface area contributed by atoms with Crippen molar-refractivity contribution in [1.29, 1.82) is 0 Å². The number of rotatable bonds is 13. The van der Waals surface area contributed by atoms with Crippen LogP contribution in [0.15, 0.2) is 103 Å². The minimum atomic E-state index is -4.53. The number of carboxylic acid groups (broad SMARTS) is 1. The van der Waals surface area contributed by atoms with E-state index in [1.165, 1.54) is 6.07 Å². The van der Waals surface area contributed by atoms with E-state index in [1.807, 2.05) is 36.4 Å². The molecule has 0 fully saturated rings. The second kappa shape index (κ2) is 14.4. The van der Waals surface area contributed by atoms with Gasteiger partial charge in [0, 0.05) is 5.92 Å². The smallest absolute Gasteiger partial charge is 0.417 e. The summed E-state index contributed by atoms with van der Waals surface area (Å²) in [7, 11) is 0. The topological polar surface area (TPSA) is 46.5 Å². The van der Waals surface area contributed by atoms with Crippen LogP contribution >= 0.6 is 11.6 Å². The van der Waals surface area contributed by atoms with Gasteiger partial charge in [0.15, 0.2) is 0 Å². The van der Waals surface area contributed by atoms with Gasteiger partial charge in [-0.3, -0.25) is 4.79 Å². The fourth-order valence-electron chi connectivity index (χ4n) is 5.41. The Morgan fingerprint density at radius 2 is 1.50 bits per heavy atom. The summed E-state index contributed by atoms with van der Waals surface area (Å²) in [4.78, 5) is 11.1. The number of carboxylic acids is 1. The summed E-state index contributed by atoms with van der Waals surface area (Å²) in [6.45, 7) is 2.48. The Morgan fingerprint density at radius 3 is 2.10 bits per heavy atom. The molecular weight excluding hydrogens is 561 g/mol. The molecule has 0 bridgehead atoms. The van der Waals surface area contributed by atoms with Crippen molar-refractivity contribution in [3.05, 3.63) is 136 Å². The van der Waals surface area contributed by atoms with Gasteiger partial charge in [-0.25, -0.2) is 0 Å². The van der Waals surface area contributed by atoms with E-state index in [2.05, 4.69) is 31.2 Å². The van der Waals surface area contributed by atoms with Crippen molar-refractivity contribution in [2.24, 2.45) is 11.8 Å². The zero-order chi connectivity index (χ0) is 30.1. The normalized spacial score (nSPS) is 13.1. The maximum absolute atomic E-state index is 13.7. The number of halogens is 4. The highest BCUT2D eigenvalue weighted by molar-refractivity contribution is 6.32. The van der Waals surface area contributed by atoms with Crippen LogP contribution in [0.3, 0.4) is 0 Å². The van der Waals surface area contributed by atoms with Crippen LogP contribution in [0.5, 0.6) is 5.75 Å². The second-order valence-corrected chi connectivity index (χ2v) is 11.1. The molecule has 0 aliphatic rings. The summed E-state index contributed by atoms with van der Waals surface area (Å²) >= 11 is 6.36. The molecule has 0 aliphatic carbocycles. The molecule has 42 heavy (non-hydrogen) atoms. The second-order valence-electron chi connectivity index (χ2n) is 10.7. The van der Waals surface area contributed by atoms with Crippen LogP contribution in [0.1, 0.15) is 53.5 Å². The highest BCUT2D eigenvalue weighted by atomic mass is 35.5. The zero-order valence-electron chi connectivity index (χ0n) is 23.4. The molecule has 0 amide bonds. The number of ether oxygens (including phenoxy) is 1. The van der Waals surface area contributed by atoms with Crippen LogP contribution in [0.4, 0.5) is 13.2 Å². The lowest BCUT2D eigenvalue weighted by atomic mass is 9.76. The van der Waals surface area contributed by atoms with Crippen molar-refractivity contribution in [1.82, 2.24) is 0 Å². The summed E-state index contributed by atoms with van der Waals surface area (Å²) in [5, 5.41) is 8.85. The maximum Gasteiger partial charge on any atom is 0.417 e. The molecule has 4 aromatic carbocycles. The summed E-state index contributed by atoms with van der Waals surface area (Å²) in [5.41, 5.74) is 2.59. The van der Waals surface area contributed by atoms with Crippen LogP contribution in [-0.4, -0.2) is 17.7 Å². The van der Waals surface area contributed by atoms with Crippen molar-refractivity contribution in [2.75, 3.05) is 6.61 Å². The molecule has 1 N–H and O–H groups in total. The third-order valence-corrected chi connectivity index (χ3v) is 8.16. The number of benzene rings is 4. The molecule has 3 nitrogen and oxygen atoms in total. The van der Waals surface area contributed by atoms with Gasteiger partial charge < -0.3 is 9.84 Å². The number of carbonyl (C=O) groups is 1. The Hall–Kier alpha value is -3.77. The Bertz CT molecular complexity index is 1400. The van der Waals surface area contributed by atoms with Gasteiger partial charge in [-0.05, 0) is 71.6 Å². The van der Waals surface area contributed by atoms with Crippen molar-refractivity contribution >= 4 is 17.6 Å². The van der Waals surface area contributed by atoms with Gasteiger partial charge in [-0.1, -0.05) is 103 Å². The van der Waals surface area contributed by atoms with E-state index in [0.717, 1.165) is 17.2 Å². The van der Waals surface area contributed by atoms with Gasteiger partial charge in [0.25, 0.3) is 0 Å². The minimum Gasteiger partial charge on any atom is -0.494 e. The molecule has 0 radical (unpaired) electrons. The first-order valence-electron chi connectivity index (χ1n) is 14.0. The molecule has 0 spiro atoms. The van der Waals surface area contributed by atoms with Gasteiger partial charge in [-0.15, -0.1) is 0 Å². The van der Waals surface area contributed by atoms with Gasteiger partial charge in [0.05, 0.1) is 23.6 Å². The van der Waals surface area contributed by atoms with E-state index in [4.69, 9.17) is 21.4 Å². The highest BCUT2D eigenvalue weighted by Gasteiger charge is 2.34. The Morgan fingerprint density at radius 1 is 0.881 bits per heavy atom. The monoisotopic (exact) mass is 594 g/mol. The van der Waals surface area contributed by atoms with Crippen molar-refractivity contribution in [3.8, 4) is 5.75 Å². The third kappa shape index (κ3) is 8.62. The third-order valence-electron chi connectivity index (χ3n) is 7.71. The van der Waals surface area contributed by atoms with Crippen LogP contribution in [0.2, 0.25) is 5.02 Å². The summed E-state index contributed by atoms with van der Waals surface area (Å²) in [6.07, 6.45) is -2.88. The van der Waals surface area contributed by atoms with Crippen LogP contribution < -0.4 is 4.74 Å². The lowest BCUT2D eigenvalue weighted by Gasteiger charge is -2.30. The maximum atomic E-state index is 13.7. The molecule has 4 rings (SSSR count). The van der Waals surface area contributed by atoms with E-state index in [9.17, 15) is 18.0 Å². The predicted molar refractivity (Wildman–Crippen MR) is 160 cm³/mol. The quantitative estimate of drug-likeness (QED) is 0.168. The van der Waals surface area contributed by atoms with E-state index >= 15 is 0 Å². The van der Waals surface area contributed by atoms with E-state index in [0.29, 0.717) is 42.7 Å². The molecule has 2 atom stereocenters. The molecule has 0 saturated carbocycles. The molecule has 0 aliphatic heterocycles. The fourth-order valence-corrected chi connectivity index (χ4v) is 5.72.